The van der Waals surface area contributed by atoms with Crippen LogP contribution in [0.2, 0.25) is 0 Å². The van der Waals surface area contributed by atoms with Crippen LogP contribution >= 0.6 is 11.8 Å². The van der Waals surface area contributed by atoms with Gasteiger partial charge in [-0.2, -0.15) is 11.8 Å². The van der Waals surface area contributed by atoms with Gasteiger partial charge in [0.25, 0.3) is 0 Å². The smallest absolute Gasteiger partial charge is 0.134 e. The van der Waals surface area contributed by atoms with Crippen molar-refractivity contribution in [2.45, 2.75) is 32.9 Å². The zero-order valence-corrected chi connectivity index (χ0v) is 13.2. The van der Waals surface area contributed by atoms with Crippen molar-refractivity contribution < 1.29 is 9.52 Å². The highest BCUT2D eigenvalue weighted by molar-refractivity contribution is 7.98. The molecule has 2 N–H and O–H groups in total. The average molecular weight is 293 g/mol. The monoisotopic (exact) mass is 293 g/mol. The van der Waals surface area contributed by atoms with Crippen LogP contribution in [-0.2, 0) is 6.54 Å². The number of aryl methyl sites for hydroxylation is 2. The summed E-state index contributed by atoms with van der Waals surface area (Å²) in [5.74, 6) is 1.95. The predicted molar refractivity (Wildman–Crippen MR) is 86.4 cm³/mol. The lowest BCUT2D eigenvalue weighted by Gasteiger charge is -2.15. The highest BCUT2D eigenvalue weighted by Gasteiger charge is 2.10. The van der Waals surface area contributed by atoms with Crippen LogP contribution in [-0.4, -0.2) is 29.8 Å². The molecule has 3 nitrogen and oxygen atoms in total. The van der Waals surface area contributed by atoms with Crippen LogP contribution in [0, 0.1) is 13.8 Å². The summed E-state index contributed by atoms with van der Waals surface area (Å²) in [7, 11) is 0. The van der Waals surface area contributed by atoms with Gasteiger partial charge in [0, 0.05) is 23.8 Å². The predicted octanol–water partition coefficient (Wildman–Crippen LogP) is 3.25. The van der Waals surface area contributed by atoms with E-state index in [0.29, 0.717) is 12.6 Å². The first kappa shape index (κ1) is 15.4. The summed E-state index contributed by atoms with van der Waals surface area (Å²) in [5.41, 5.74) is 3.50. The van der Waals surface area contributed by atoms with Gasteiger partial charge in [-0.25, -0.2) is 0 Å². The van der Waals surface area contributed by atoms with Crippen LogP contribution in [0.5, 0.6) is 0 Å². The molecule has 0 bridgehead atoms. The fraction of sp³-hybridized carbons (Fsp3) is 0.500. The van der Waals surface area contributed by atoms with Gasteiger partial charge in [0.2, 0.25) is 0 Å². The highest BCUT2D eigenvalue weighted by Crippen LogP contribution is 2.23. The summed E-state index contributed by atoms with van der Waals surface area (Å²) in [4.78, 5) is 0. The lowest BCUT2D eigenvalue weighted by Crippen LogP contribution is -2.31. The minimum atomic E-state index is 0.219. The van der Waals surface area contributed by atoms with Crippen molar-refractivity contribution in [3.8, 4) is 0 Å². The summed E-state index contributed by atoms with van der Waals surface area (Å²) >= 11 is 1.79. The minimum Gasteiger partial charge on any atom is -0.460 e. The van der Waals surface area contributed by atoms with Crippen LogP contribution in [0.4, 0.5) is 0 Å². The Kier molecular flexibility index (Phi) is 5.52. The summed E-state index contributed by atoms with van der Waals surface area (Å²) in [6.45, 7) is 5.15. The largest absolute Gasteiger partial charge is 0.460 e. The Balaban J connectivity index is 2.06. The fourth-order valence-electron chi connectivity index (χ4n) is 2.29. The first-order valence-electron chi connectivity index (χ1n) is 6.97. The van der Waals surface area contributed by atoms with Crippen molar-refractivity contribution in [3.63, 3.8) is 0 Å². The quantitative estimate of drug-likeness (QED) is 0.822. The van der Waals surface area contributed by atoms with Crippen molar-refractivity contribution in [1.82, 2.24) is 5.32 Å². The molecule has 0 saturated carbocycles. The van der Waals surface area contributed by atoms with E-state index in [1.807, 2.05) is 0 Å². The number of aliphatic hydroxyl groups excluding tert-OH is 1. The second-order valence-electron chi connectivity index (χ2n) is 5.23. The molecule has 1 heterocycles. The average Bonchev–Trinajstić information content (AvgIpc) is 2.79. The topological polar surface area (TPSA) is 45.4 Å². The minimum absolute atomic E-state index is 0.219. The van der Waals surface area contributed by atoms with Gasteiger partial charge in [0.05, 0.1) is 6.54 Å². The third-order valence-electron chi connectivity index (χ3n) is 3.59. The Bertz CT molecular complexity index is 520. The Morgan fingerprint density at radius 1 is 1.25 bits per heavy atom. The van der Waals surface area contributed by atoms with E-state index < -0.39 is 0 Å². The van der Waals surface area contributed by atoms with E-state index in [4.69, 9.17) is 9.52 Å². The molecule has 2 rings (SSSR count). The van der Waals surface area contributed by atoms with E-state index in [9.17, 15) is 0 Å². The molecular weight excluding hydrogens is 270 g/mol. The normalized spacial score (nSPS) is 13.0. The van der Waals surface area contributed by atoms with Crippen molar-refractivity contribution in [2.24, 2.45) is 0 Å². The van der Waals surface area contributed by atoms with Gasteiger partial charge in [-0.3, -0.25) is 0 Å². The molecule has 2 aromatic rings. The van der Waals surface area contributed by atoms with Crippen LogP contribution < -0.4 is 5.32 Å². The lowest BCUT2D eigenvalue weighted by molar-refractivity contribution is 0.268. The van der Waals surface area contributed by atoms with Gasteiger partial charge in [-0.05, 0) is 55.9 Å². The number of thioether (sulfide) groups is 1. The Morgan fingerprint density at radius 3 is 2.70 bits per heavy atom. The summed E-state index contributed by atoms with van der Waals surface area (Å²) < 4.78 is 5.88. The molecule has 1 aromatic heterocycles. The lowest BCUT2D eigenvalue weighted by atomic mass is 10.1. The number of benzene rings is 1. The van der Waals surface area contributed by atoms with Crippen LogP contribution in [0.3, 0.4) is 0 Å². The van der Waals surface area contributed by atoms with E-state index in [2.05, 4.69) is 43.6 Å². The Hall–Kier alpha value is -0.970. The number of fused-ring (bicyclic) bond motifs is 1. The summed E-state index contributed by atoms with van der Waals surface area (Å²) in [6, 6.07) is 6.70. The molecule has 0 aliphatic carbocycles. The second kappa shape index (κ2) is 7.16. The maximum atomic E-state index is 9.06. The van der Waals surface area contributed by atoms with Gasteiger partial charge in [-0.15, -0.1) is 0 Å². The second-order valence-corrected chi connectivity index (χ2v) is 6.14. The Labute approximate surface area is 124 Å². The number of hydrogen-bond donors (Lipinski definition) is 2. The third kappa shape index (κ3) is 3.78. The Morgan fingerprint density at radius 2 is 2.00 bits per heavy atom. The molecule has 1 unspecified atom stereocenters. The zero-order valence-electron chi connectivity index (χ0n) is 12.4. The molecule has 0 radical (unpaired) electrons. The molecule has 0 fully saturated rings. The van der Waals surface area contributed by atoms with Crippen molar-refractivity contribution in [2.75, 3.05) is 18.6 Å². The molecule has 0 amide bonds. The van der Waals surface area contributed by atoms with E-state index >= 15 is 0 Å². The van der Waals surface area contributed by atoms with Gasteiger partial charge in [0.15, 0.2) is 0 Å². The van der Waals surface area contributed by atoms with Crippen LogP contribution in [0.1, 0.15) is 23.3 Å². The van der Waals surface area contributed by atoms with E-state index in [1.165, 1.54) is 11.1 Å². The van der Waals surface area contributed by atoms with Gasteiger partial charge in [0.1, 0.15) is 11.3 Å². The molecule has 0 spiro atoms. The van der Waals surface area contributed by atoms with E-state index in [0.717, 1.165) is 28.9 Å². The molecule has 20 heavy (non-hydrogen) atoms. The molecule has 110 valence electrons. The van der Waals surface area contributed by atoms with Crippen molar-refractivity contribution in [3.05, 3.63) is 35.1 Å². The molecule has 1 aromatic carbocycles. The number of aliphatic hydroxyl groups is 1. The van der Waals surface area contributed by atoms with Gasteiger partial charge >= 0.3 is 0 Å². The summed E-state index contributed by atoms with van der Waals surface area (Å²) in [5, 5.41) is 13.7. The van der Waals surface area contributed by atoms with Crippen LogP contribution in [0.25, 0.3) is 11.0 Å². The van der Waals surface area contributed by atoms with Crippen molar-refractivity contribution in [1.29, 1.82) is 0 Å². The first-order chi connectivity index (χ1) is 9.63. The number of hydrogen-bond acceptors (Lipinski definition) is 4. The maximum Gasteiger partial charge on any atom is 0.134 e. The molecule has 1 atom stereocenters. The zero-order chi connectivity index (χ0) is 14.5. The molecule has 0 aliphatic rings. The fourth-order valence-corrected chi connectivity index (χ4v) is 2.98. The molecule has 0 aliphatic heterocycles. The number of rotatable bonds is 7. The van der Waals surface area contributed by atoms with Gasteiger partial charge in [-0.1, -0.05) is 0 Å². The van der Waals surface area contributed by atoms with Gasteiger partial charge < -0.3 is 14.8 Å². The van der Waals surface area contributed by atoms with Crippen LogP contribution in [0.15, 0.2) is 22.6 Å². The first-order valence-corrected chi connectivity index (χ1v) is 8.36. The third-order valence-corrected chi connectivity index (χ3v) is 4.33. The standard InChI is InChI=1S/C16H23NO2S/c1-11-6-13-8-15(19-16(13)7-12(11)2)9-17-14(4-5-18)10-20-3/h6-8,14,17-18H,4-5,9-10H2,1-3H3. The maximum absolute atomic E-state index is 9.06. The number of furan rings is 1. The van der Waals surface area contributed by atoms with E-state index in [1.54, 1.807) is 11.8 Å². The number of nitrogens with one attached hydrogen (secondary N) is 1. The SMILES string of the molecule is CSCC(CCO)NCc1cc2cc(C)c(C)cc2o1. The molecular formula is C16H23NO2S. The molecule has 4 heteroatoms. The van der Waals surface area contributed by atoms with Crippen molar-refractivity contribution >= 4 is 22.7 Å². The van der Waals surface area contributed by atoms with E-state index in [-0.39, 0.29) is 6.61 Å². The molecule has 0 saturated heterocycles. The highest BCUT2D eigenvalue weighted by atomic mass is 32.2. The summed E-state index contributed by atoms with van der Waals surface area (Å²) in [6.07, 6.45) is 2.86.